The highest BCUT2D eigenvalue weighted by Crippen LogP contribution is 2.11. The van der Waals surface area contributed by atoms with E-state index in [9.17, 15) is 13.6 Å². The highest BCUT2D eigenvalue weighted by atomic mass is 28.2. The van der Waals surface area contributed by atoms with Crippen LogP contribution in [0.2, 0.25) is 6.04 Å². The predicted octanol–water partition coefficient (Wildman–Crippen LogP) is 4.96. The Bertz CT molecular complexity index is 283. The zero-order valence-corrected chi connectivity index (χ0v) is 14.1. The van der Waals surface area contributed by atoms with Crippen molar-refractivity contribution in [3.05, 3.63) is 12.2 Å². The molecule has 5 heteroatoms. The molecule has 0 saturated heterocycles. The largest absolute Gasteiger partial charge is 0.462 e. The third-order valence-electron chi connectivity index (χ3n) is 3.20. The summed E-state index contributed by atoms with van der Waals surface area (Å²) in [5, 5.41) is 0. The first-order valence-electron chi connectivity index (χ1n) is 7.88. The molecule has 0 amide bonds. The van der Waals surface area contributed by atoms with Crippen LogP contribution >= 0.6 is 0 Å². The van der Waals surface area contributed by atoms with E-state index >= 15 is 0 Å². The van der Waals surface area contributed by atoms with Gasteiger partial charge in [0.2, 0.25) is 6.05 Å². The molecule has 0 fully saturated rings. The lowest BCUT2D eigenvalue weighted by Gasteiger charge is -2.04. The van der Waals surface area contributed by atoms with E-state index in [0.717, 1.165) is 38.5 Å². The van der Waals surface area contributed by atoms with Gasteiger partial charge in [-0.2, -0.15) is 0 Å². The molecule has 0 bridgehead atoms. The van der Waals surface area contributed by atoms with Crippen LogP contribution in [0.1, 0.15) is 64.7 Å². The molecule has 0 atom stereocenters. The molecular formula is C16H28F2O2Si. The normalized spacial score (nSPS) is 10.9. The van der Waals surface area contributed by atoms with Gasteiger partial charge in [0.05, 0.1) is 6.61 Å². The smallest absolute Gasteiger partial charge is 0.333 e. The Morgan fingerprint density at radius 1 is 1.00 bits per heavy atom. The minimum Gasteiger partial charge on any atom is -0.462 e. The van der Waals surface area contributed by atoms with E-state index in [1.807, 2.05) is 0 Å². The molecule has 2 nitrogen and oxygen atoms in total. The van der Waals surface area contributed by atoms with Crippen molar-refractivity contribution in [2.24, 2.45) is 0 Å². The Labute approximate surface area is 130 Å². The van der Waals surface area contributed by atoms with Crippen molar-refractivity contribution >= 4 is 15.5 Å². The maximum Gasteiger partial charge on any atom is 0.333 e. The van der Waals surface area contributed by atoms with Gasteiger partial charge in [0, 0.05) is 5.57 Å². The Hall–Kier alpha value is -0.713. The number of alkyl halides is 2. The zero-order valence-electron chi connectivity index (χ0n) is 13.1. The van der Waals surface area contributed by atoms with E-state index < -0.39 is 6.05 Å². The van der Waals surface area contributed by atoms with Crippen LogP contribution < -0.4 is 0 Å². The van der Waals surface area contributed by atoms with Crippen LogP contribution in [0.3, 0.4) is 0 Å². The summed E-state index contributed by atoms with van der Waals surface area (Å²) in [6.07, 6.45) is 9.94. The Kier molecular flexibility index (Phi) is 13.8. The standard InChI is InChI=1S/C16H28F2O2Si/c1-14(2)15(19)20-12-10-8-6-4-3-5-7-9-11-13-21-16(17)18/h16H,1,3-13H2,2H3. The molecule has 0 unspecified atom stereocenters. The lowest BCUT2D eigenvalue weighted by molar-refractivity contribution is -0.139. The third-order valence-corrected chi connectivity index (χ3v) is 4.15. The summed E-state index contributed by atoms with van der Waals surface area (Å²) in [5.74, 6) is -0.303. The van der Waals surface area contributed by atoms with E-state index in [4.69, 9.17) is 4.74 Å². The van der Waals surface area contributed by atoms with Gasteiger partial charge in [-0.15, -0.1) is 0 Å². The van der Waals surface area contributed by atoms with Gasteiger partial charge in [0.25, 0.3) is 0 Å². The number of carbonyl (C=O) groups is 1. The topological polar surface area (TPSA) is 26.3 Å². The van der Waals surface area contributed by atoms with Crippen molar-refractivity contribution in [1.29, 1.82) is 0 Å². The molecular weight excluding hydrogens is 290 g/mol. The first-order chi connectivity index (χ1) is 10.0. The van der Waals surface area contributed by atoms with Crippen LogP contribution in [0, 0.1) is 0 Å². The van der Waals surface area contributed by atoms with Gasteiger partial charge < -0.3 is 4.74 Å². The molecule has 0 heterocycles. The molecule has 0 aromatic heterocycles. The number of unbranched alkanes of at least 4 members (excludes halogenated alkanes) is 8. The van der Waals surface area contributed by atoms with Crippen molar-refractivity contribution in [2.45, 2.75) is 76.8 Å². The van der Waals surface area contributed by atoms with E-state index in [0.29, 0.717) is 18.2 Å². The van der Waals surface area contributed by atoms with Crippen LogP contribution in [0.15, 0.2) is 12.2 Å². The molecule has 0 aliphatic rings. The monoisotopic (exact) mass is 318 g/mol. The summed E-state index contributed by atoms with van der Waals surface area (Å²) >= 11 is 0. The van der Waals surface area contributed by atoms with Crippen molar-refractivity contribution in [3.8, 4) is 0 Å². The van der Waals surface area contributed by atoms with E-state index in [-0.39, 0.29) is 15.5 Å². The van der Waals surface area contributed by atoms with Gasteiger partial charge in [-0.05, 0) is 13.3 Å². The number of esters is 1. The summed E-state index contributed by atoms with van der Waals surface area (Å²) in [7, 11) is -0.178. The minimum absolute atomic E-state index is 0.178. The lowest BCUT2D eigenvalue weighted by Crippen LogP contribution is -2.05. The maximum atomic E-state index is 11.9. The molecule has 0 aromatic carbocycles. The average Bonchev–Trinajstić information content (AvgIpc) is 2.43. The molecule has 0 aliphatic carbocycles. The van der Waals surface area contributed by atoms with Crippen LogP contribution in [-0.4, -0.2) is 28.1 Å². The first-order valence-corrected chi connectivity index (χ1v) is 9.16. The summed E-state index contributed by atoms with van der Waals surface area (Å²) in [5.41, 5.74) is 0.448. The van der Waals surface area contributed by atoms with Gasteiger partial charge in [-0.25, -0.2) is 13.6 Å². The Morgan fingerprint density at radius 2 is 1.48 bits per heavy atom. The minimum atomic E-state index is -2.11. The highest BCUT2D eigenvalue weighted by Gasteiger charge is 2.03. The fourth-order valence-electron chi connectivity index (χ4n) is 1.96. The summed E-state index contributed by atoms with van der Waals surface area (Å²) in [6.45, 7) is 5.66. The molecule has 0 rings (SSSR count). The fraction of sp³-hybridized carbons (Fsp3) is 0.812. The van der Waals surface area contributed by atoms with Crippen molar-refractivity contribution in [3.63, 3.8) is 0 Å². The van der Waals surface area contributed by atoms with Gasteiger partial charge in [0.15, 0.2) is 0 Å². The molecule has 0 N–H and O–H groups in total. The molecule has 21 heavy (non-hydrogen) atoms. The van der Waals surface area contributed by atoms with Gasteiger partial charge in [0.1, 0.15) is 9.52 Å². The van der Waals surface area contributed by atoms with Gasteiger partial charge in [-0.3, -0.25) is 0 Å². The second-order valence-electron chi connectivity index (χ2n) is 5.35. The quantitative estimate of drug-likeness (QED) is 0.196. The number of ether oxygens (including phenoxy) is 1. The average molecular weight is 318 g/mol. The van der Waals surface area contributed by atoms with Crippen molar-refractivity contribution in [2.75, 3.05) is 6.61 Å². The number of rotatable bonds is 14. The van der Waals surface area contributed by atoms with E-state index in [2.05, 4.69) is 6.58 Å². The van der Waals surface area contributed by atoms with Crippen molar-refractivity contribution < 1.29 is 18.3 Å². The maximum absolute atomic E-state index is 11.9. The summed E-state index contributed by atoms with van der Waals surface area (Å²) < 4.78 is 28.8. The summed E-state index contributed by atoms with van der Waals surface area (Å²) in [4.78, 5) is 11.1. The predicted molar refractivity (Wildman–Crippen MR) is 83.9 cm³/mol. The highest BCUT2D eigenvalue weighted by molar-refractivity contribution is 6.36. The number of halogens is 2. The van der Waals surface area contributed by atoms with Crippen LogP contribution in [0.25, 0.3) is 0 Å². The number of hydrogen-bond acceptors (Lipinski definition) is 2. The molecule has 122 valence electrons. The van der Waals surface area contributed by atoms with Crippen LogP contribution in [0.5, 0.6) is 0 Å². The molecule has 0 spiro atoms. The lowest BCUT2D eigenvalue weighted by atomic mass is 10.1. The Morgan fingerprint density at radius 3 is 1.95 bits per heavy atom. The van der Waals surface area contributed by atoms with Crippen LogP contribution in [-0.2, 0) is 9.53 Å². The molecule has 2 radical (unpaired) electrons. The van der Waals surface area contributed by atoms with Crippen molar-refractivity contribution in [1.82, 2.24) is 0 Å². The first kappa shape index (κ1) is 20.3. The number of carbonyl (C=O) groups excluding carboxylic acids is 1. The molecule has 0 saturated carbocycles. The summed E-state index contributed by atoms with van der Waals surface area (Å²) in [6, 6.07) is -1.43. The second kappa shape index (κ2) is 14.2. The number of hydrogen-bond donors (Lipinski definition) is 0. The van der Waals surface area contributed by atoms with Gasteiger partial charge in [-0.1, -0.05) is 64.0 Å². The fourth-order valence-corrected chi connectivity index (χ4v) is 2.64. The second-order valence-corrected chi connectivity index (χ2v) is 6.70. The van der Waals surface area contributed by atoms with E-state index in [1.54, 1.807) is 6.92 Å². The SMILES string of the molecule is C=C(C)C(=O)OCCCCCCCCCCC[Si]C(F)F. The Balaban J connectivity index is 3.09. The molecule has 0 aliphatic heterocycles. The molecule has 0 aromatic rings. The van der Waals surface area contributed by atoms with Gasteiger partial charge >= 0.3 is 5.97 Å². The third kappa shape index (κ3) is 15.5. The zero-order chi connectivity index (χ0) is 15.9. The van der Waals surface area contributed by atoms with Crippen LogP contribution in [0.4, 0.5) is 8.78 Å². The van der Waals surface area contributed by atoms with E-state index in [1.165, 1.54) is 19.3 Å².